The highest BCUT2D eigenvalue weighted by Gasteiger charge is 2.26. The molecule has 12 heteroatoms. The van der Waals surface area contributed by atoms with E-state index >= 15 is 0 Å². The fourth-order valence-electron chi connectivity index (χ4n) is 3.38. The Hall–Kier alpha value is -3.02. The number of nitro benzene ring substituents is 1. The first-order valence-corrected chi connectivity index (χ1v) is 12.0. The second-order valence-corrected chi connectivity index (χ2v) is 9.76. The highest BCUT2D eigenvalue weighted by molar-refractivity contribution is 7.89. The summed E-state index contributed by atoms with van der Waals surface area (Å²) in [6.45, 7) is 0.129. The van der Waals surface area contributed by atoms with Crippen molar-refractivity contribution < 1.29 is 27.7 Å². The van der Waals surface area contributed by atoms with Crippen molar-refractivity contribution in [3.8, 4) is 0 Å². The molecule has 0 aromatic heterocycles. The topological polar surface area (TPSA) is 136 Å². The molecule has 1 saturated heterocycles. The van der Waals surface area contributed by atoms with Gasteiger partial charge >= 0.3 is 5.97 Å². The zero-order chi connectivity index (χ0) is 24.0. The van der Waals surface area contributed by atoms with Crippen LogP contribution < -0.4 is 5.32 Å². The highest BCUT2D eigenvalue weighted by atomic mass is 35.5. The number of carbonyl (C=O) groups is 2. The maximum atomic E-state index is 12.9. The Morgan fingerprint density at radius 1 is 1.09 bits per heavy atom. The van der Waals surface area contributed by atoms with Crippen molar-refractivity contribution in [1.82, 2.24) is 4.31 Å². The Morgan fingerprint density at radius 2 is 1.79 bits per heavy atom. The number of nitrogens with zero attached hydrogens (tertiary/aromatic N) is 2. The molecule has 33 heavy (non-hydrogen) atoms. The van der Waals surface area contributed by atoms with Gasteiger partial charge in [0, 0.05) is 24.2 Å². The molecule has 1 fully saturated rings. The zero-order valence-electron chi connectivity index (χ0n) is 17.5. The Morgan fingerprint density at radius 3 is 2.45 bits per heavy atom. The summed E-state index contributed by atoms with van der Waals surface area (Å²) in [7, 11) is -3.76. The van der Waals surface area contributed by atoms with Crippen molar-refractivity contribution >= 4 is 44.9 Å². The van der Waals surface area contributed by atoms with Crippen molar-refractivity contribution in [2.24, 2.45) is 0 Å². The van der Waals surface area contributed by atoms with Crippen molar-refractivity contribution in [2.45, 2.75) is 30.6 Å². The van der Waals surface area contributed by atoms with E-state index < -0.39 is 39.1 Å². The molecule has 2 aromatic rings. The summed E-state index contributed by atoms with van der Waals surface area (Å²) in [6, 6.07) is 9.14. The summed E-state index contributed by atoms with van der Waals surface area (Å²) in [5, 5.41) is 13.5. The van der Waals surface area contributed by atoms with E-state index in [-0.39, 0.29) is 21.2 Å². The van der Waals surface area contributed by atoms with E-state index in [1.807, 2.05) is 0 Å². The van der Waals surface area contributed by atoms with Gasteiger partial charge in [0.25, 0.3) is 11.6 Å². The molecule has 0 bridgehead atoms. The normalized spacial score (nSPS) is 14.8. The van der Waals surface area contributed by atoms with Crippen LogP contribution in [0.2, 0.25) is 5.02 Å². The third-order valence-electron chi connectivity index (χ3n) is 5.04. The van der Waals surface area contributed by atoms with Gasteiger partial charge in [0.15, 0.2) is 6.61 Å². The predicted molar refractivity (Wildman–Crippen MR) is 121 cm³/mol. The van der Waals surface area contributed by atoms with E-state index in [0.717, 1.165) is 31.7 Å². The summed E-state index contributed by atoms with van der Waals surface area (Å²) >= 11 is 5.74. The van der Waals surface area contributed by atoms with Gasteiger partial charge in [-0.1, -0.05) is 30.5 Å². The number of nitro groups is 1. The third-order valence-corrected chi connectivity index (χ3v) is 7.17. The Kier molecular flexibility index (Phi) is 8.01. The van der Waals surface area contributed by atoms with E-state index in [1.165, 1.54) is 40.7 Å². The SMILES string of the molecule is O=C(COC(=O)c1cccc(S(=O)(=O)N2CCCCCC2)c1)Nc1ccc(Cl)cc1[N+](=O)[O-]. The summed E-state index contributed by atoms with van der Waals surface area (Å²) in [5.74, 6) is -1.70. The molecule has 1 N–H and O–H groups in total. The number of anilines is 1. The molecule has 0 radical (unpaired) electrons. The number of nitrogens with one attached hydrogen (secondary N) is 1. The van der Waals surface area contributed by atoms with Crippen LogP contribution in [0.1, 0.15) is 36.0 Å². The average molecular weight is 496 g/mol. The first-order valence-electron chi connectivity index (χ1n) is 10.2. The van der Waals surface area contributed by atoms with Crippen molar-refractivity contribution in [1.29, 1.82) is 0 Å². The van der Waals surface area contributed by atoms with Crippen LogP contribution in [0.3, 0.4) is 0 Å². The standard InChI is InChI=1S/C21H22ClN3O7S/c22-16-8-9-18(19(13-16)25(28)29)23-20(26)14-32-21(27)15-6-5-7-17(12-15)33(30,31)24-10-3-1-2-4-11-24/h5-9,12-13H,1-4,10-11,14H2,(H,23,26). The molecule has 0 aliphatic carbocycles. The largest absolute Gasteiger partial charge is 0.452 e. The second-order valence-electron chi connectivity index (χ2n) is 7.39. The lowest BCUT2D eigenvalue weighted by atomic mass is 10.2. The number of carbonyl (C=O) groups excluding carboxylic acids is 2. The number of hydrogen-bond donors (Lipinski definition) is 1. The van der Waals surface area contributed by atoms with Crippen LogP contribution in [0, 0.1) is 10.1 Å². The van der Waals surface area contributed by atoms with Crippen molar-refractivity contribution in [2.75, 3.05) is 25.0 Å². The molecule has 1 aliphatic heterocycles. The summed E-state index contributed by atoms with van der Waals surface area (Å²) in [5.41, 5.74) is -0.541. The number of sulfonamides is 1. The molecule has 176 valence electrons. The van der Waals surface area contributed by atoms with Gasteiger partial charge in [-0.25, -0.2) is 13.2 Å². The number of benzene rings is 2. The average Bonchev–Trinajstić information content (AvgIpc) is 3.09. The molecule has 3 rings (SSSR count). The maximum absolute atomic E-state index is 12.9. The predicted octanol–water partition coefficient (Wildman–Crippen LogP) is 3.61. The molecule has 1 heterocycles. The van der Waals surface area contributed by atoms with Crippen LogP contribution in [0.5, 0.6) is 0 Å². The van der Waals surface area contributed by atoms with Crippen LogP contribution in [0.25, 0.3) is 0 Å². The van der Waals surface area contributed by atoms with Crippen LogP contribution in [-0.4, -0.2) is 49.2 Å². The highest BCUT2D eigenvalue weighted by Crippen LogP contribution is 2.27. The lowest BCUT2D eigenvalue weighted by Crippen LogP contribution is -2.32. The minimum Gasteiger partial charge on any atom is -0.452 e. The second kappa shape index (κ2) is 10.7. The van der Waals surface area contributed by atoms with E-state index in [4.69, 9.17) is 16.3 Å². The Labute approximate surface area is 195 Å². The molecular formula is C21H22ClN3O7S. The van der Waals surface area contributed by atoms with E-state index in [2.05, 4.69) is 5.32 Å². The van der Waals surface area contributed by atoms with E-state index in [1.54, 1.807) is 0 Å². The van der Waals surface area contributed by atoms with Crippen LogP contribution >= 0.6 is 11.6 Å². The van der Waals surface area contributed by atoms with Gasteiger partial charge in [-0.3, -0.25) is 14.9 Å². The van der Waals surface area contributed by atoms with Crippen LogP contribution in [0.4, 0.5) is 11.4 Å². The molecular weight excluding hydrogens is 474 g/mol. The summed E-state index contributed by atoms with van der Waals surface area (Å²) < 4.78 is 32.3. The van der Waals surface area contributed by atoms with Gasteiger partial charge in [-0.15, -0.1) is 0 Å². The lowest BCUT2D eigenvalue weighted by molar-refractivity contribution is -0.383. The molecule has 1 aliphatic rings. The number of ether oxygens (including phenoxy) is 1. The minimum absolute atomic E-state index is 0.0277. The molecule has 0 atom stereocenters. The molecule has 1 amide bonds. The van der Waals surface area contributed by atoms with Crippen molar-refractivity contribution in [3.63, 3.8) is 0 Å². The molecule has 2 aromatic carbocycles. The van der Waals surface area contributed by atoms with E-state index in [9.17, 15) is 28.1 Å². The molecule has 10 nitrogen and oxygen atoms in total. The molecule has 0 spiro atoms. The minimum atomic E-state index is -3.76. The van der Waals surface area contributed by atoms with Gasteiger partial charge in [-0.05, 0) is 43.2 Å². The first kappa shape index (κ1) is 24.6. The number of esters is 1. The number of amides is 1. The maximum Gasteiger partial charge on any atom is 0.338 e. The van der Waals surface area contributed by atoms with Gasteiger partial charge in [-0.2, -0.15) is 4.31 Å². The quantitative estimate of drug-likeness (QED) is 0.352. The molecule has 0 unspecified atom stereocenters. The Bertz CT molecular complexity index is 1160. The van der Waals surface area contributed by atoms with Gasteiger partial charge in [0.2, 0.25) is 10.0 Å². The number of hydrogen-bond acceptors (Lipinski definition) is 7. The monoisotopic (exact) mass is 495 g/mol. The first-order chi connectivity index (χ1) is 15.7. The van der Waals surface area contributed by atoms with Gasteiger partial charge in [0.05, 0.1) is 15.4 Å². The smallest absolute Gasteiger partial charge is 0.338 e. The van der Waals surface area contributed by atoms with E-state index in [0.29, 0.717) is 13.1 Å². The fourth-order valence-corrected chi connectivity index (χ4v) is 5.11. The number of halogens is 1. The summed E-state index contributed by atoms with van der Waals surface area (Å²) in [4.78, 5) is 34.9. The fraction of sp³-hybridized carbons (Fsp3) is 0.333. The third kappa shape index (κ3) is 6.28. The summed E-state index contributed by atoms with van der Waals surface area (Å²) in [6.07, 6.45) is 3.50. The van der Waals surface area contributed by atoms with Gasteiger partial charge in [0.1, 0.15) is 5.69 Å². The van der Waals surface area contributed by atoms with Crippen molar-refractivity contribution in [3.05, 3.63) is 63.2 Å². The number of rotatable bonds is 7. The van der Waals surface area contributed by atoms with Crippen LogP contribution in [-0.2, 0) is 19.6 Å². The zero-order valence-corrected chi connectivity index (χ0v) is 19.1. The lowest BCUT2D eigenvalue weighted by Gasteiger charge is -2.20. The molecule has 0 saturated carbocycles. The van der Waals surface area contributed by atoms with Crippen LogP contribution in [0.15, 0.2) is 47.4 Å². The Balaban J connectivity index is 1.65. The van der Waals surface area contributed by atoms with Gasteiger partial charge < -0.3 is 10.1 Å².